The molecule has 0 saturated carbocycles. The van der Waals surface area contributed by atoms with E-state index in [-0.39, 0.29) is 0 Å². The fourth-order valence-corrected chi connectivity index (χ4v) is 3.31. The molecular weight excluding hydrogens is 342 g/mol. The third-order valence-corrected chi connectivity index (χ3v) is 4.84. The molecule has 0 atom stereocenters. The molecule has 26 heavy (non-hydrogen) atoms. The molecule has 5 nitrogen and oxygen atoms in total. The molecule has 4 aromatic rings. The molecule has 3 aromatic heterocycles. The smallest absolute Gasteiger partial charge is 0.148 e. The van der Waals surface area contributed by atoms with Crippen molar-refractivity contribution in [3.63, 3.8) is 0 Å². The predicted octanol–water partition coefficient (Wildman–Crippen LogP) is 4.76. The van der Waals surface area contributed by atoms with Gasteiger partial charge in [0.15, 0.2) is 0 Å². The Morgan fingerprint density at radius 2 is 1.73 bits per heavy atom. The van der Waals surface area contributed by atoms with Crippen LogP contribution < -0.4 is 10.6 Å². The van der Waals surface area contributed by atoms with Gasteiger partial charge in [0, 0.05) is 12.6 Å². The first-order valence-corrected chi connectivity index (χ1v) is 9.32. The molecule has 0 unspecified atom stereocenters. The number of nitrogens with one attached hydrogen (secondary N) is 3. The number of hydrogen-bond acceptors (Lipinski definition) is 5. The molecule has 0 saturated heterocycles. The number of thiophene rings is 1. The number of H-pyrrole nitrogens is 1. The van der Waals surface area contributed by atoms with Gasteiger partial charge in [-0.3, -0.25) is 5.10 Å². The predicted molar refractivity (Wildman–Crippen MR) is 107 cm³/mol. The van der Waals surface area contributed by atoms with Crippen molar-refractivity contribution in [3.05, 3.63) is 83.4 Å². The van der Waals surface area contributed by atoms with Crippen molar-refractivity contribution < 1.29 is 0 Å². The summed E-state index contributed by atoms with van der Waals surface area (Å²) in [6, 6.07) is 22.4. The molecule has 0 spiro atoms. The van der Waals surface area contributed by atoms with E-state index in [1.165, 1.54) is 10.4 Å². The van der Waals surface area contributed by atoms with Crippen molar-refractivity contribution >= 4 is 23.0 Å². The van der Waals surface area contributed by atoms with Crippen LogP contribution in [0.25, 0.3) is 10.6 Å². The first-order chi connectivity index (χ1) is 12.9. The number of rotatable bonds is 7. The standard InChI is InChI=1S/C20H19N5S/c1-2-6-15(7-3-1)13-21-19-10-4-8-16(23-19)14-22-20-12-17(24-25-20)18-9-5-11-26-18/h1-12H,13-14H2,(H,21,23)(H2,22,24,25). The lowest BCUT2D eigenvalue weighted by molar-refractivity contribution is 1.00. The second-order valence-electron chi connectivity index (χ2n) is 5.85. The van der Waals surface area contributed by atoms with Gasteiger partial charge in [0.1, 0.15) is 11.6 Å². The second kappa shape index (κ2) is 7.84. The lowest BCUT2D eigenvalue weighted by Gasteiger charge is -2.08. The van der Waals surface area contributed by atoms with Crippen molar-refractivity contribution in [2.45, 2.75) is 13.1 Å². The Hall–Kier alpha value is -3.12. The van der Waals surface area contributed by atoms with E-state index in [0.717, 1.165) is 29.6 Å². The van der Waals surface area contributed by atoms with Gasteiger partial charge in [-0.25, -0.2) is 4.98 Å². The number of hydrogen-bond donors (Lipinski definition) is 3. The minimum Gasteiger partial charge on any atom is -0.366 e. The Kier molecular flexibility index (Phi) is 4.93. The molecule has 6 heteroatoms. The highest BCUT2D eigenvalue weighted by Crippen LogP contribution is 2.24. The zero-order chi connectivity index (χ0) is 17.6. The van der Waals surface area contributed by atoms with Gasteiger partial charge < -0.3 is 10.6 Å². The van der Waals surface area contributed by atoms with Crippen molar-refractivity contribution in [3.8, 4) is 10.6 Å². The lowest BCUT2D eigenvalue weighted by atomic mass is 10.2. The molecule has 3 heterocycles. The normalized spacial score (nSPS) is 10.6. The van der Waals surface area contributed by atoms with Gasteiger partial charge >= 0.3 is 0 Å². The van der Waals surface area contributed by atoms with Gasteiger partial charge in [-0.15, -0.1) is 11.3 Å². The molecule has 0 aliphatic carbocycles. The molecule has 4 rings (SSSR count). The van der Waals surface area contributed by atoms with Crippen LogP contribution in [0, 0.1) is 0 Å². The summed E-state index contributed by atoms with van der Waals surface area (Å²) < 4.78 is 0. The van der Waals surface area contributed by atoms with Crippen LogP contribution in [-0.4, -0.2) is 15.2 Å². The first-order valence-electron chi connectivity index (χ1n) is 8.44. The zero-order valence-corrected chi connectivity index (χ0v) is 15.0. The summed E-state index contributed by atoms with van der Waals surface area (Å²) in [5.41, 5.74) is 3.22. The van der Waals surface area contributed by atoms with E-state index in [4.69, 9.17) is 0 Å². The molecule has 0 aliphatic heterocycles. The highest BCUT2D eigenvalue weighted by molar-refractivity contribution is 7.13. The number of aromatic amines is 1. The molecule has 0 bridgehead atoms. The van der Waals surface area contributed by atoms with Gasteiger partial charge in [0.05, 0.1) is 22.8 Å². The van der Waals surface area contributed by atoms with Gasteiger partial charge in [0.2, 0.25) is 0 Å². The van der Waals surface area contributed by atoms with Gasteiger partial charge in [0.25, 0.3) is 0 Å². The van der Waals surface area contributed by atoms with Crippen molar-refractivity contribution in [1.29, 1.82) is 0 Å². The Bertz CT molecular complexity index is 947. The number of pyridine rings is 1. The fraction of sp³-hybridized carbons (Fsp3) is 0.100. The van der Waals surface area contributed by atoms with E-state index in [1.807, 2.05) is 48.5 Å². The maximum absolute atomic E-state index is 4.65. The second-order valence-corrected chi connectivity index (χ2v) is 6.80. The van der Waals surface area contributed by atoms with Crippen molar-refractivity contribution in [2.24, 2.45) is 0 Å². The number of aromatic nitrogens is 3. The van der Waals surface area contributed by atoms with Gasteiger partial charge in [-0.05, 0) is 29.1 Å². The Balaban J connectivity index is 1.35. The molecule has 0 amide bonds. The molecule has 130 valence electrons. The SMILES string of the molecule is c1ccc(CNc2cccc(CNc3cc(-c4cccs4)[nH]n3)n2)cc1. The van der Waals surface area contributed by atoms with E-state index in [0.29, 0.717) is 6.54 Å². The number of nitrogens with zero attached hydrogens (tertiary/aromatic N) is 2. The minimum atomic E-state index is 0.621. The van der Waals surface area contributed by atoms with E-state index < -0.39 is 0 Å². The molecule has 1 aromatic carbocycles. The highest BCUT2D eigenvalue weighted by Gasteiger charge is 2.05. The summed E-state index contributed by atoms with van der Waals surface area (Å²) in [6.07, 6.45) is 0. The largest absolute Gasteiger partial charge is 0.366 e. The van der Waals surface area contributed by atoms with Crippen LogP contribution in [0.15, 0.2) is 72.1 Å². The summed E-state index contributed by atoms with van der Waals surface area (Å²) in [4.78, 5) is 5.83. The maximum Gasteiger partial charge on any atom is 0.148 e. The third-order valence-electron chi connectivity index (χ3n) is 3.94. The average Bonchev–Trinajstić information content (AvgIpc) is 3.37. The first kappa shape index (κ1) is 16.4. The Labute approximate surface area is 156 Å². The molecule has 0 aliphatic rings. The minimum absolute atomic E-state index is 0.621. The molecule has 3 N–H and O–H groups in total. The van der Waals surface area contributed by atoms with Crippen LogP contribution in [0.1, 0.15) is 11.3 Å². The zero-order valence-electron chi connectivity index (χ0n) is 14.1. The van der Waals surface area contributed by atoms with Gasteiger partial charge in [-0.1, -0.05) is 42.5 Å². The molecule has 0 fully saturated rings. The topological polar surface area (TPSA) is 65.6 Å². The fourth-order valence-electron chi connectivity index (χ4n) is 2.62. The molecular formula is C20H19N5S. The maximum atomic E-state index is 4.65. The van der Waals surface area contributed by atoms with E-state index in [1.54, 1.807) is 11.3 Å². The van der Waals surface area contributed by atoms with Crippen LogP contribution in [0.3, 0.4) is 0 Å². The van der Waals surface area contributed by atoms with Crippen LogP contribution in [0.2, 0.25) is 0 Å². The van der Waals surface area contributed by atoms with E-state index in [2.05, 4.69) is 49.4 Å². The van der Waals surface area contributed by atoms with Crippen LogP contribution in [0.5, 0.6) is 0 Å². The summed E-state index contributed by atoms with van der Waals surface area (Å²) in [5.74, 6) is 1.69. The van der Waals surface area contributed by atoms with Crippen molar-refractivity contribution in [2.75, 3.05) is 10.6 Å². The van der Waals surface area contributed by atoms with Crippen LogP contribution in [-0.2, 0) is 13.1 Å². The number of benzene rings is 1. The Morgan fingerprint density at radius 3 is 2.58 bits per heavy atom. The summed E-state index contributed by atoms with van der Waals surface area (Å²) in [5, 5.41) is 16.1. The lowest BCUT2D eigenvalue weighted by Crippen LogP contribution is -2.05. The van der Waals surface area contributed by atoms with Gasteiger partial charge in [-0.2, -0.15) is 5.10 Å². The molecule has 0 radical (unpaired) electrons. The van der Waals surface area contributed by atoms with E-state index in [9.17, 15) is 0 Å². The Morgan fingerprint density at radius 1 is 0.846 bits per heavy atom. The monoisotopic (exact) mass is 361 g/mol. The van der Waals surface area contributed by atoms with Crippen LogP contribution >= 0.6 is 11.3 Å². The third kappa shape index (κ3) is 4.10. The number of anilines is 2. The average molecular weight is 361 g/mol. The summed E-state index contributed by atoms with van der Waals surface area (Å²) >= 11 is 1.69. The summed E-state index contributed by atoms with van der Waals surface area (Å²) in [6.45, 7) is 1.38. The van der Waals surface area contributed by atoms with Crippen molar-refractivity contribution in [1.82, 2.24) is 15.2 Å². The quantitative estimate of drug-likeness (QED) is 0.444. The highest BCUT2D eigenvalue weighted by atomic mass is 32.1. The summed E-state index contributed by atoms with van der Waals surface area (Å²) in [7, 11) is 0. The van der Waals surface area contributed by atoms with E-state index >= 15 is 0 Å². The van der Waals surface area contributed by atoms with Crippen LogP contribution in [0.4, 0.5) is 11.6 Å².